The Kier molecular flexibility index (Phi) is 4.38. The SMILES string of the molecule is CN(C)CCc1ccc(N2CNC(=S)NC2)cc1. The Hall–Kier alpha value is -1.33. The fourth-order valence-corrected chi connectivity index (χ4v) is 1.99. The van der Waals surface area contributed by atoms with Crippen molar-refractivity contribution in [1.29, 1.82) is 0 Å². The molecule has 0 unspecified atom stereocenters. The van der Waals surface area contributed by atoms with Gasteiger partial charge in [0.05, 0.1) is 13.3 Å². The minimum Gasteiger partial charge on any atom is -0.345 e. The Balaban J connectivity index is 1.93. The van der Waals surface area contributed by atoms with Crippen LogP contribution in [0, 0.1) is 0 Å². The van der Waals surface area contributed by atoms with Gasteiger partial charge in [0.15, 0.2) is 5.11 Å². The summed E-state index contributed by atoms with van der Waals surface area (Å²) in [7, 11) is 4.20. The van der Waals surface area contributed by atoms with Crippen LogP contribution in [0.25, 0.3) is 0 Å². The molecule has 2 N–H and O–H groups in total. The zero-order chi connectivity index (χ0) is 13.0. The lowest BCUT2D eigenvalue weighted by Gasteiger charge is -2.31. The topological polar surface area (TPSA) is 30.5 Å². The summed E-state index contributed by atoms with van der Waals surface area (Å²) in [6, 6.07) is 8.74. The quantitative estimate of drug-likeness (QED) is 0.792. The monoisotopic (exact) mass is 264 g/mol. The largest absolute Gasteiger partial charge is 0.345 e. The number of nitrogens with one attached hydrogen (secondary N) is 2. The normalized spacial score (nSPS) is 15.5. The van der Waals surface area contributed by atoms with Gasteiger partial charge in [0.2, 0.25) is 0 Å². The van der Waals surface area contributed by atoms with E-state index in [1.54, 1.807) is 0 Å². The number of rotatable bonds is 4. The molecule has 1 fully saturated rings. The molecule has 0 bridgehead atoms. The molecule has 0 aliphatic carbocycles. The number of hydrogen-bond acceptors (Lipinski definition) is 3. The molecule has 2 rings (SSSR count). The molecule has 4 nitrogen and oxygen atoms in total. The van der Waals surface area contributed by atoms with E-state index in [4.69, 9.17) is 12.2 Å². The highest BCUT2D eigenvalue weighted by Crippen LogP contribution is 2.15. The van der Waals surface area contributed by atoms with Crippen LogP contribution in [0.3, 0.4) is 0 Å². The van der Waals surface area contributed by atoms with Crippen molar-refractivity contribution in [2.75, 3.05) is 38.9 Å². The zero-order valence-electron chi connectivity index (χ0n) is 10.9. The van der Waals surface area contributed by atoms with Crippen LogP contribution in [0.4, 0.5) is 5.69 Å². The number of nitrogens with zero attached hydrogens (tertiary/aromatic N) is 2. The summed E-state index contributed by atoms with van der Waals surface area (Å²) in [5.41, 5.74) is 2.59. The van der Waals surface area contributed by atoms with Crippen LogP contribution in [0.1, 0.15) is 5.56 Å². The maximum absolute atomic E-state index is 5.03. The van der Waals surface area contributed by atoms with Crippen LogP contribution in [-0.2, 0) is 6.42 Å². The summed E-state index contributed by atoms with van der Waals surface area (Å²) >= 11 is 5.03. The first-order chi connectivity index (χ1) is 8.65. The minimum absolute atomic E-state index is 0.730. The molecular formula is C13H20N4S. The highest BCUT2D eigenvalue weighted by Gasteiger charge is 2.11. The fourth-order valence-electron chi connectivity index (χ4n) is 1.86. The van der Waals surface area contributed by atoms with Crippen molar-refractivity contribution in [3.63, 3.8) is 0 Å². The number of hydrogen-bond donors (Lipinski definition) is 2. The molecule has 98 valence electrons. The molecule has 0 radical (unpaired) electrons. The Labute approximate surface area is 114 Å². The molecule has 1 aromatic rings. The lowest BCUT2D eigenvalue weighted by atomic mass is 10.1. The predicted octanol–water partition coefficient (Wildman–Crippen LogP) is 0.990. The van der Waals surface area contributed by atoms with Gasteiger partial charge in [0, 0.05) is 12.2 Å². The third kappa shape index (κ3) is 3.58. The molecule has 1 aromatic carbocycles. The smallest absolute Gasteiger partial charge is 0.169 e. The Morgan fingerprint density at radius 3 is 2.33 bits per heavy atom. The highest BCUT2D eigenvalue weighted by molar-refractivity contribution is 7.80. The molecule has 0 saturated carbocycles. The molecule has 0 amide bonds. The van der Waals surface area contributed by atoms with Gasteiger partial charge in [-0.15, -0.1) is 0 Å². The Morgan fingerprint density at radius 1 is 1.17 bits per heavy atom. The van der Waals surface area contributed by atoms with Gasteiger partial charge in [-0.05, 0) is 50.4 Å². The van der Waals surface area contributed by atoms with Crippen LogP contribution in [0.15, 0.2) is 24.3 Å². The van der Waals surface area contributed by atoms with E-state index in [0.717, 1.165) is 31.4 Å². The molecule has 0 aromatic heterocycles. The predicted molar refractivity (Wildman–Crippen MR) is 79.8 cm³/mol. The summed E-state index contributed by atoms with van der Waals surface area (Å²) in [6.07, 6.45) is 1.09. The van der Waals surface area contributed by atoms with Gasteiger partial charge < -0.3 is 20.4 Å². The van der Waals surface area contributed by atoms with Crippen molar-refractivity contribution in [1.82, 2.24) is 15.5 Å². The van der Waals surface area contributed by atoms with Crippen molar-refractivity contribution in [3.05, 3.63) is 29.8 Å². The molecule has 1 saturated heterocycles. The molecule has 5 heteroatoms. The summed E-state index contributed by atoms with van der Waals surface area (Å²) in [5, 5.41) is 6.98. The first-order valence-corrected chi connectivity index (χ1v) is 6.56. The van der Waals surface area contributed by atoms with E-state index in [1.807, 2.05) is 0 Å². The van der Waals surface area contributed by atoms with Gasteiger partial charge >= 0.3 is 0 Å². The van der Waals surface area contributed by atoms with Gasteiger partial charge in [0.25, 0.3) is 0 Å². The van der Waals surface area contributed by atoms with Crippen LogP contribution < -0.4 is 15.5 Å². The van der Waals surface area contributed by atoms with Crippen LogP contribution in [0.2, 0.25) is 0 Å². The molecular weight excluding hydrogens is 244 g/mol. The van der Waals surface area contributed by atoms with Gasteiger partial charge in [-0.1, -0.05) is 12.1 Å². The second-order valence-electron chi connectivity index (χ2n) is 4.76. The Morgan fingerprint density at radius 2 is 1.78 bits per heavy atom. The maximum atomic E-state index is 5.03. The zero-order valence-corrected chi connectivity index (χ0v) is 11.8. The summed E-state index contributed by atoms with van der Waals surface area (Å²) in [4.78, 5) is 4.42. The lowest BCUT2D eigenvalue weighted by molar-refractivity contribution is 0.413. The number of likely N-dealkylation sites (N-methyl/N-ethyl adjacent to an activating group) is 1. The summed E-state index contributed by atoms with van der Waals surface area (Å²) in [6.45, 7) is 2.62. The number of anilines is 1. The van der Waals surface area contributed by atoms with Crippen molar-refractivity contribution in [3.8, 4) is 0 Å². The van der Waals surface area contributed by atoms with E-state index < -0.39 is 0 Å². The Bertz CT molecular complexity index is 392. The van der Waals surface area contributed by atoms with Gasteiger partial charge in [-0.3, -0.25) is 0 Å². The van der Waals surface area contributed by atoms with E-state index in [1.165, 1.54) is 11.3 Å². The third-order valence-corrected chi connectivity index (χ3v) is 3.30. The second-order valence-corrected chi connectivity index (χ2v) is 5.17. The van der Waals surface area contributed by atoms with Crippen LogP contribution in [0.5, 0.6) is 0 Å². The highest BCUT2D eigenvalue weighted by atomic mass is 32.1. The van der Waals surface area contributed by atoms with Gasteiger partial charge in [-0.2, -0.15) is 0 Å². The minimum atomic E-state index is 0.730. The average molecular weight is 264 g/mol. The molecule has 18 heavy (non-hydrogen) atoms. The molecule has 0 spiro atoms. The fraction of sp³-hybridized carbons (Fsp3) is 0.462. The average Bonchev–Trinajstić information content (AvgIpc) is 2.38. The lowest BCUT2D eigenvalue weighted by Crippen LogP contribution is -2.54. The number of thiocarbonyl (C=S) groups is 1. The molecule has 1 heterocycles. The van der Waals surface area contributed by atoms with Crippen molar-refractivity contribution in [2.24, 2.45) is 0 Å². The van der Waals surface area contributed by atoms with E-state index in [9.17, 15) is 0 Å². The van der Waals surface area contributed by atoms with E-state index in [2.05, 4.69) is 58.8 Å². The van der Waals surface area contributed by atoms with Crippen molar-refractivity contribution < 1.29 is 0 Å². The van der Waals surface area contributed by atoms with E-state index in [0.29, 0.717) is 0 Å². The first-order valence-electron chi connectivity index (χ1n) is 6.15. The molecule has 1 aliphatic rings. The maximum Gasteiger partial charge on any atom is 0.169 e. The van der Waals surface area contributed by atoms with Crippen LogP contribution >= 0.6 is 12.2 Å². The van der Waals surface area contributed by atoms with Gasteiger partial charge in [0.1, 0.15) is 0 Å². The molecule has 0 atom stereocenters. The first kappa shape index (κ1) is 13.1. The van der Waals surface area contributed by atoms with Crippen LogP contribution in [-0.4, -0.2) is 44.0 Å². The van der Waals surface area contributed by atoms with Gasteiger partial charge in [-0.25, -0.2) is 0 Å². The van der Waals surface area contributed by atoms with E-state index >= 15 is 0 Å². The molecule has 1 aliphatic heterocycles. The van der Waals surface area contributed by atoms with E-state index in [-0.39, 0.29) is 0 Å². The van der Waals surface area contributed by atoms with Crippen molar-refractivity contribution in [2.45, 2.75) is 6.42 Å². The summed E-state index contributed by atoms with van der Waals surface area (Å²) in [5.74, 6) is 0. The third-order valence-electron chi connectivity index (χ3n) is 3.01. The van der Waals surface area contributed by atoms with Crippen molar-refractivity contribution >= 4 is 23.0 Å². The standard InChI is InChI=1S/C13H20N4S/c1-16(2)8-7-11-3-5-12(6-4-11)17-9-14-13(18)15-10-17/h3-6H,7-10H2,1-2H3,(H2,14,15,18). The number of benzene rings is 1. The summed E-state index contributed by atoms with van der Waals surface area (Å²) < 4.78 is 0. The second kappa shape index (κ2) is 6.02.